The van der Waals surface area contributed by atoms with Gasteiger partial charge in [-0.25, -0.2) is 4.79 Å². The molecule has 0 aliphatic heterocycles. The molecule has 1 N–H and O–H groups in total. The summed E-state index contributed by atoms with van der Waals surface area (Å²) in [6, 6.07) is 6.16. The average molecular weight is 255 g/mol. The minimum atomic E-state index is -0.947. The van der Waals surface area contributed by atoms with Crippen molar-refractivity contribution in [2.75, 3.05) is 6.61 Å². The summed E-state index contributed by atoms with van der Waals surface area (Å²) < 4.78 is 5.18. The third-order valence-electron chi connectivity index (χ3n) is 1.48. The molecule has 3 nitrogen and oxygen atoms in total. The van der Waals surface area contributed by atoms with Crippen LogP contribution in [-0.4, -0.2) is 17.7 Å². The van der Waals surface area contributed by atoms with Crippen molar-refractivity contribution in [3.8, 4) is 16.5 Å². The predicted octanol–water partition coefficient (Wildman–Crippen LogP) is 2.12. The molecule has 0 amide bonds. The van der Waals surface area contributed by atoms with E-state index in [0.717, 1.165) is 0 Å². The fourth-order valence-electron chi connectivity index (χ4n) is 0.840. The number of halogens is 1. The normalized spacial score (nSPS) is 8.64. The molecule has 0 aromatic heterocycles. The fourth-order valence-corrected chi connectivity index (χ4v) is 0.955. The van der Waals surface area contributed by atoms with E-state index in [4.69, 9.17) is 9.84 Å². The second-order valence-electron chi connectivity index (χ2n) is 2.39. The van der Waals surface area contributed by atoms with E-state index in [-0.39, 0.29) is 12.2 Å². The Hall–Kier alpha value is -1.47. The van der Waals surface area contributed by atoms with E-state index in [1.807, 2.05) is 0 Å². The van der Waals surface area contributed by atoms with Crippen molar-refractivity contribution in [1.82, 2.24) is 0 Å². The van der Waals surface area contributed by atoms with Crippen LogP contribution in [-0.2, 0) is 0 Å². The van der Waals surface area contributed by atoms with Crippen molar-refractivity contribution >= 4 is 21.9 Å². The van der Waals surface area contributed by atoms with Crippen LogP contribution in [0.3, 0.4) is 0 Å². The molecule has 0 unspecified atom stereocenters. The van der Waals surface area contributed by atoms with Crippen LogP contribution in [0.25, 0.3) is 0 Å². The molecule has 72 valence electrons. The Labute approximate surface area is 89.8 Å². The summed E-state index contributed by atoms with van der Waals surface area (Å²) in [5.41, 5.74) is 0.240. The molecule has 1 rings (SSSR count). The lowest BCUT2D eigenvalue weighted by atomic mass is 10.2. The number of hydrogen-bond acceptors (Lipinski definition) is 2. The maximum absolute atomic E-state index is 10.5. The number of carboxylic acid groups (broad SMARTS) is 1. The maximum Gasteiger partial charge on any atom is 0.335 e. The molecule has 0 fully saturated rings. The highest BCUT2D eigenvalue weighted by atomic mass is 79.9. The molecule has 0 saturated carbocycles. The Kier molecular flexibility index (Phi) is 4.02. The molecule has 0 bridgehead atoms. The third-order valence-corrected chi connectivity index (χ3v) is 1.76. The summed E-state index contributed by atoms with van der Waals surface area (Å²) in [7, 11) is 0. The zero-order valence-corrected chi connectivity index (χ0v) is 8.74. The van der Waals surface area contributed by atoms with Crippen LogP contribution in [0.4, 0.5) is 0 Å². The van der Waals surface area contributed by atoms with Gasteiger partial charge in [-0.1, -0.05) is 0 Å². The monoisotopic (exact) mass is 254 g/mol. The van der Waals surface area contributed by atoms with Gasteiger partial charge in [0.1, 0.15) is 12.4 Å². The van der Waals surface area contributed by atoms with E-state index >= 15 is 0 Å². The summed E-state index contributed by atoms with van der Waals surface area (Å²) in [6.45, 7) is 0.275. The van der Waals surface area contributed by atoms with Gasteiger partial charge >= 0.3 is 5.97 Å². The van der Waals surface area contributed by atoms with Gasteiger partial charge in [0.15, 0.2) is 0 Å². The Morgan fingerprint density at radius 3 is 2.57 bits per heavy atom. The van der Waals surface area contributed by atoms with Crippen molar-refractivity contribution in [3.63, 3.8) is 0 Å². The van der Waals surface area contributed by atoms with E-state index < -0.39 is 5.97 Å². The van der Waals surface area contributed by atoms with Gasteiger partial charge in [0, 0.05) is 15.9 Å². The molecular formula is C10H7BrO3. The molecule has 14 heavy (non-hydrogen) atoms. The van der Waals surface area contributed by atoms with Crippen LogP contribution in [0.5, 0.6) is 5.75 Å². The van der Waals surface area contributed by atoms with Gasteiger partial charge in [-0.15, -0.1) is 0 Å². The van der Waals surface area contributed by atoms with Crippen molar-refractivity contribution in [3.05, 3.63) is 29.8 Å². The largest absolute Gasteiger partial charge is 0.481 e. The van der Waals surface area contributed by atoms with E-state index in [1.165, 1.54) is 12.1 Å². The van der Waals surface area contributed by atoms with Gasteiger partial charge < -0.3 is 9.84 Å². The Bertz CT molecular complexity index is 373. The second-order valence-corrected chi connectivity index (χ2v) is 2.79. The maximum atomic E-state index is 10.5. The first-order chi connectivity index (χ1) is 6.74. The van der Waals surface area contributed by atoms with Gasteiger partial charge in [-0.2, -0.15) is 0 Å². The smallest absolute Gasteiger partial charge is 0.335 e. The summed E-state index contributed by atoms with van der Waals surface area (Å²) in [5, 5.41) is 8.62. The summed E-state index contributed by atoms with van der Waals surface area (Å²) >= 11 is 2.93. The van der Waals surface area contributed by atoms with E-state index in [2.05, 4.69) is 26.7 Å². The van der Waals surface area contributed by atoms with Crippen LogP contribution in [0.2, 0.25) is 0 Å². The molecular weight excluding hydrogens is 248 g/mol. The fraction of sp³-hybridized carbons (Fsp3) is 0.100. The lowest BCUT2D eigenvalue weighted by Gasteiger charge is -2.01. The standard InChI is InChI=1S/C10H7BrO3/c11-6-1-7-14-9-4-2-8(3-5-9)10(12)13/h2-5H,7H2,(H,12,13). The van der Waals surface area contributed by atoms with Crippen LogP contribution in [0, 0.1) is 10.8 Å². The van der Waals surface area contributed by atoms with E-state index in [0.29, 0.717) is 5.75 Å². The first-order valence-corrected chi connectivity index (χ1v) is 4.58. The quantitative estimate of drug-likeness (QED) is 0.841. The number of carboxylic acids is 1. The van der Waals surface area contributed by atoms with Crippen molar-refractivity contribution in [2.24, 2.45) is 0 Å². The number of hydrogen-bond donors (Lipinski definition) is 1. The van der Waals surface area contributed by atoms with Gasteiger partial charge in [0.25, 0.3) is 0 Å². The topological polar surface area (TPSA) is 46.5 Å². The average Bonchev–Trinajstić information content (AvgIpc) is 2.19. The Morgan fingerprint density at radius 2 is 2.07 bits per heavy atom. The van der Waals surface area contributed by atoms with Crippen molar-refractivity contribution in [1.29, 1.82) is 0 Å². The molecule has 0 aliphatic carbocycles. The molecule has 0 heterocycles. The first kappa shape index (κ1) is 10.6. The number of benzene rings is 1. The lowest BCUT2D eigenvalue weighted by Crippen LogP contribution is -1.97. The predicted molar refractivity (Wildman–Crippen MR) is 55.6 cm³/mol. The van der Waals surface area contributed by atoms with Gasteiger partial charge in [0.05, 0.1) is 5.56 Å². The van der Waals surface area contributed by atoms with Crippen LogP contribution in [0.15, 0.2) is 24.3 Å². The molecule has 1 aromatic carbocycles. The molecule has 0 saturated heterocycles. The third kappa shape index (κ3) is 3.11. The first-order valence-electron chi connectivity index (χ1n) is 3.78. The molecule has 0 spiro atoms. The van der Waals surface area contributed by atoms with Gasteiger partial charge in [-0.05, 0) is 35.0 Å². The zero-order valence-electron chi connectivity index (χ0n) is 7.16. The van der Waals surface area contributed by atoms with Crippen molar-refractivity contribution in [2.45, 2.75) is 0 Å². The number of carbonyl (C=O) groups is 1. The lowest BCUT2D eigenvalue weighted by molar-refractivity contribution is 0.0697. The van der Waals surface area contributed by atoms with E-state index in [1.54, 1.807) is 12.1 Å². The van der Waals surface area contributed by atoms with Gasteiger partial charge in [0.2, 0.25) is 0 Å². The van der Waals surface area contributed by atoms with E-state index in [9.17, 15) is 4.79 Å². The van der Waals surface area contributed by atoms with Crippen LogP contribution in [0.1, 0.15) is 10.4 Å². The zero-order chi connectivity index (χ0) is 10.4. The molecule has 0 radical (unpaired) electrons. The van der Waals surface area contributed by atoms with Crippen molar-refractivity contribution < 1.29 is 14.6 Å². The highest BCUT2D eigenvalue weighted by molar-refractivity contribution is 9.12. The SMILES string of the molecule is O=C(O)c1ccc(OCC#CBr)cc1. The summed E-state index contributed by atoms with van der Waals surface area (Å²) in [6.07, 6.45) is 0. The number of ether oxygens (including phenoxy) is 1. The number of rotatable bonds is 3. The Morgan fingerprint density at radius 1 is 1.43 bits per heavy atom. The molecule has 4 heteroatoms. The summed E-state index contributed by atoms with van der Waals surface area (Å²) in [4.78, 5) is 13.0. The minimum Gasteiger partial charge on any atom is -0.481 e. The van der Waals surface area contributed by atoms with Crippen LogP contribution >= 0.6 is 15.9 Å². The minimum absolute atomic E-state index is 0.240. The summed E-state index contributed by atoms with van der Waals surface area (Å²) in [5.74, 6) is 2.32. The van der Waals surface area contributed by atoms with Gasteiger partial charge in [-0.3, -0.25) is 0 Å². The van der Waals surface area contributed by atoms with Crippen LogP contribution < -0.4 is 4.74 Å². The Balaban J connectivity index is 2.62. The highest BCUT2D eigenvalue weighted by Crippen LogP contribution is 2.11. The molecule has 1 aromatic rings. The number of aromatic carboxylic acids is 1. The second kappa shape index (κ2) is 5.30. The molecule has 0 atom stereocenters. The molecule has 0 aliphatic rings. The highest BCUT2D eigenvalue weighted by Gasteiger charge is 2.01.